The average molecular weight is 469 g/mol. The number of aromatic nitrogens is 2. The van der Waals surface area contributed by atoms with Gasteiger partial charge in [-0.25, -0.2) is 9.97 Å². The lowest BCUT2D eigenvalue weighted by atomic mass is 9.77. The van der Waals surface area contributed by atoms with Crippen molar-refractivity contribution in [2.24, 2.45) is 0 Å². The molecular formula is C28H28N4OS. The van der Waals surface area contributed by atoms with Crippen molar-refractivity contribution < 1.29 is 5.11 Å². The van der Waals surface area contributed by atoms with Gasteiger partial charge in [-0.05, 0) is 42.0 Å². The first-order valence-corrected chi connectivity index (χ1v) is 12.8. The van der Waals surface area contributed by atoms with Gasteiger partial charge >= 0.3 is 0 Å². The maximum Gasteiger partial charge on any atom is 0.186 e. The Morgan fingerprint density at radius 1 is 0.765 bits per heavy atom. The third-order valence-electron chi connectivity index (χ3n) is 6.94. The molecule has 0 bridgehead atoms. The summed E-state index contributed by atoms with van der Waals surface area (Å²) in [6.07, 6.45) is 3.48. The van der Waals surface area contributed by atoms with Crippen LogP contribution in [0.4, 0.5) is 10.9 Å². The summed E-state index contributed by atoms with van der Waals surface area (Å²) < 4.78 is 0. The molecule has 1 aliphatic carbocycles. The first-order chi connectivity index (χ1) is 16.7. The smallest absolute Gasteiger partial charge is 0.186 e. The van der Waals surface area contributed by atoms with Gasteiger partial charge in [0.25, 0.3) is 0 Å². The summed E-state index contributed by atoms with van der Waals surface area (Å²) in [7, 11) is 0. The van der Waals surface area contributed by atoms with Gasteiger partial charge in [-0.3, -0.25) is 0 Å². The van der Waals surface area contributed by atoms with Gasteiger partial charge in [0.05, 0.1) is 16.7 Å². The Bertz CT molecular complexity index is 1230. The van der Waals surface area contributed by atoms with E-state index in [-0.39, 0.29) is 6.10 Å². The van der Waals surface area contributed by atoms with Crippen LogP contribution in [0.1, 0.15) is 24.3 Å². The molecular weight excluding hydrogens is 440 g/mol. The Hall–Kier alpha value is -3.22. The fraction of sp³-hybridized carbons (Fsp3) is 0.286. The Morgan fingerprint density at radius 3 is 2.15 bits per heavy atom. The number of aliphatic hydroxyl groups is 1. The SMILES string of the molecule is OC1CC(c2ccc(-c3nc(N4CCN(c5ccccn5)CC4)sc3-c3ccccc3)cc2)C1. The van der Waals surface area contributed by atoms with Crippen LogP contribution in [0, 0.1) is 0 Å². The highest BCUT2D eigenvalue weighted by Crippen LogP contribution is 2.42. The number of hydrogen-bond acceptors (Lipinski definition) is 6. The summed E-state index contributed by atoms with van der Waals surface area (Å²) in [6, 6.07) is 25.5. The van der Waals surface area contributed by atoms with E-state index in [4.69, 9.17) is 4.98 Å². The van der Waals surface area contributed by atoms with Gasteiger partial charge in [0.2, 0.25) is 0 Å². The third-order valence-corrected chi connectivity index (χ3v) is 8.11. The minimum absolute atomic E-state index is 0.131. The average Bonchev–Trinajstić information content (AvgIpc) is 3.34. The normalized spacial score (nSPS) is 20.3. The Labute approximate surface area is 204 Å². The zero-order chi connectivity index (χ0) is 22.9. The maximum absolute atomic E-state index is 9.66. The first kappa shape index (κ1) is 21.3. The molecule has 2 aromatic carbocycles. The number of pyridine rings is 1. The summed E-state index contributed by atoms with van der Waals surface area (Å²) in [6.45, 7) is 3.74. The van der Waals surface area contributed by atoms with Crippen molar-refractivity contribution in [2.75, 3.05) is 36.0 Å². The fourth-order valence-electron chi connectivity index (χ4n) is 4.87. The highest BCUT2D eigenvalue weighted by atomic mass is 32.1. The van der Waals surface area contributed by atoms with E-state index in [0.29, 0.717) is 5.92 Å². The van der Waals surface area contributed by atoms with Gasteiger partial charge in [-0.15, -0.1) is 0 Å². The highest BCUT2D eigenvalue weighted by molar-refractivity contribution is 7.19. The zero-order valence-corrected chi connectivity index (χ0v) is 19.9. The number of hydrogen-bond donors (Lipinski definition) is 1. The van der Waals surface area contributed by atoms with E-state index < -0.39 is 0 Å². The topological polar surface area (TPSA) is 52.5 Å². The quantitative estimate of drug-likeness (QED) is 0.423. The molecule has 0 atom stereocenters. The van der Waals surface area contributed by atoms with Crippen LogP contribution in [0.2, 0.25) is 0 Å². The largest absolute Gasteiger partial charge is 0.393 e. The molecule has 1 aliphatic heterocycles. The van der Waals surface area contributed by atoms with Crippen LogP contribution in [0.5, 0.6) is 0 Å². The number of thiazole rings is 1. The standard InChI is InChI=1S/C28H28N4OS/c33-24-18-23(19-24)20-9-11-21(12-10-20)26-27(22-6-2-1-3-7-22)34-28(30-26)32-16-14-31(15-17-32)25-8-4-5-13-29-25/h1-13,23-24,33H,14-19H2. The number of benzene rings is 2. The molecule has 4 aromatic rings. The van der Waals surface area contributed by atoms with E-state index in [9.17, 15) is 5.11 Å². The molecule has 1 saturated heterocycles. The van der Waals surface area contributed by atoms with Crippen LogP contribution in [-0.2, 0) is 0 Å². The van der Waals surface area contributed by atoms with Crippen LogP contribution in [0.25, 0.3) is 21.7 Å². The van der Waals surface area contributed by atoms with Gasteiger partial charge in [-0.1, -0.05) is 72.0 Å². The van der Waals surface area contributed by atoms with Crippen molar-refractivity contribution in [3.63, 3.8) is 0 Å². The Morgan fingerprint density at radius 2 is 1.47 bits per heavy atom. The molecule has 0 amide bonds. The molecule has 0 spiro atoms. The van der Waals surface area contributed by atoms with Crippen LogP contribution >= 0.6 is 11.3 Å². The summed E-state index contributed by atoms with van der Waals surface area (Å²) in [5.74, 6) is 1.53. The van der Waals surface area contributed by atoms with Crippen LogP contribution < -0.4 is 9.80 Å². The first-order valence-electron chi connectivity index (χ1n) is 12.0. The van der Waals surface area contributed by atoms with E-state index in [1.807, 2.05) is 18.3 Å². The predicted molar refractivity (Wildman–Crippen MR) is 140 cm³/mol. The van der Waals surface area contributed by atoms with Crippen LogP contribution in [0.15, 0.2) is 79.0 Å². The number of nitrogens with zero attached hydrogens (tertiary/aromatic N) is 4. The lowest BCUT2D eigenvalue weighted by molar-refractivity contribution is 0.0746. The molecule has 2 aromatic heterocycles. The fourth-order valence-corrected chi connectivity index (χ4v) is 6.01. The van der Waals surface area contributed by atoms with Crippen molar-refractivity contribution >= 4 is 22.3 Å². The van der Waals surface area contributed by atoms with Gasteiger partial charge in [0.1, 0.15) is 5.82 Å². The van der Waals surface area contributed by atoms with Gasteiger partial charge < -0.3 is 14.9 Å². The predicted octanol–water partition coefficient (Wildman–Crippen LogP) is 5.44. The maximum atomic E-state index is 9.66. The summed E-state index contributed by atoms with van der Waals surface area (Å²) in [4.78, 5) is 15.7. The number of anilines is 2. The highest BCUT2D eigenvalue weighted by Gasteiger charge is 2.28. The van der Waals surface area contributed by atoms with Gasteiger partial charge in [-0.2, -0.15) is 0 Å². The molecule has 2 fully saturated rings. The van der Waals surface area contributed by atoms with Gasteiger partial charge in [0, 0.05) is 37.9 Å². The molecule has 6 heteroatoms. The minimum atomic E-state index is -0.131. The van der Waals surface area contributed by atoms with Crippen LogP contribution in [0.3, 0.4) is 0 Å². The zero-order valence-electron chi connectivity index (χ0n) is 19.0. The molecule has 5 nitrogen and oxygen atoms in total. The number of aliphatic hydroxyl groups excluding tert-OH is 1. The molecule has 6 rings (SSSR count). The molecule has 2 aliphatic rings. The van der Waals surface area contributed by atoms with Crippen molar-refractivity contribution in [1.82, 2.24) is 9.97 Å². The minimum Gasteiger partial charge on any atom is -0.393 e. The second-order valence-corrected chi connectivity index (χ2v) is 10.1. The molecule has 1 saturated carbocycles. The van der Waals surface area contributed by atoms with Crippen molar-refractivity contribution in [1.29, 1.82) is 0 Å². The van der Waals surface area contributed by atoms with Crippen molar-refractivity contribution in [3.05, 3.63) is 84.6 Å². The monoisotopic (exact) mass is 468 g/mol. The third kappa shape index (κ3) is 4.19. The molecule has 3 heterocycles. The number of rotatable bonds is 5. The Balaban J connectivity index is 1.27. The van der Waals surface area contributed by atoms with E-state index in [1.165, 1.54) is 16.0 Å². The van der Waals surface area contributed by atoms with E-state index in [0.717, 1.165) is 61.2 Å². The van der Waals surface area contributed by atoms with Crippen molar-refractivity contribution in [2.45, 2.75) is 24.9 Å². The molecule has 1 N–H and O–H groups in total. The van der Waals surface area contributed by atoms with E-state index in [2.05, 4.69) is 75.4 Å². The van der Waals surface area contributed by atoms with E-state index >= 15 is 0 Å². The second kappa shape index (κ2) is 9.20. The molecule has 0 unspecified atom stereocenters. The summed E-state index contributed by atoms with van der Waals surface area (Å²) in [5, 5.41) is 10.7. The summed E-state index contributed by atoms with van der Waals surface area (Å²) in [5.41, 5.74) is 4.73. The second-order valence-electron chi connectivity index (χ2n) is 9.15. The van der Waals surface area contributed by atoms with Crippen molar-refractivity contribution in [3.8, 4) is 21.7 Å². The molecule has 172 valence electrons. The lowest BCUT2D eigenvalue weighted by Crippen LogP contribution is -2.46. The summed E-state index contributed by atoms with van der Waals surface area (Å²) >= 11 is 1.79. The molecule has 0 radical (unpaired) electrons. The van der Waals surface area contributed by atoms with Crippen LogP contribution in [-0.4, -0.2) is 47.4 Å². The molecule has 34 heavy (non-hydrogen) atoms. The Kier molecular flexibility index (Phi) is 5.77. The lowest BCUT2D eigenvalue weighted by Gasteiger charge is -2.35. The van der Waals surface area contributed by atoms with Gasteiger partial charge in [0.15, 0.2) is 5.13 Å². The van der Waals surface area contributed by atoms with E-state index in [1.54, 1.807) is 11.3 Å². The number of piperazine rings is 1.